The summed E-state index contributed by atoms with van der Waals surface area (Å²) < 4.78 is 20.8. The van der Waals surface area contributed by atoms with E-state index in [1.165, 1.54) is 27.5 Å². The van der Waals surface area contributed by atoms with Crippen molar-refractivity contribution in [1.82, 2.24) is 5.43 Å². The largest absolute Gasteiger partial charge is 0.497 e. The highest BCUT2D eigenvalue weighted by atomic mass is 16.5. The molecule has 1 N–H and O–H groups in total. The van der Waals surface area contributed by atoms with Gasteiger partial charge in [0.25, 0.3) is 5.91 Å². The molecule has 0 atom stereocenters. The molecule has 30 heavy (non-hydrogen) atoms. The fourth-order valence-corrected chi connectivity index (χ4v) is 2.71. The Kier molecular flexibility index (Phi) is 6.49. The second-order valence-corrected chi connectivity index (χ2v) is 6.04. The summed E-state index contributed by atoms with van der Waals surface area (Å²) in [6.45, 7) is 0. The summed E-state index contributed by atoms with van der Waals surface area (Å²) in [5.41, 5.74) is 3.73. The van der Waals surface area contributed by atoms with Gasteiger partial charge in [-0.05, 0) is 30.3 Å². The number of ether oxygens (including phenoxy) is 3. The topological polar surface area (TPSA) is 99.4 Å². The molecular formula is C22H20N2O6. The maximum absolute atomic E-state index is 12.3. The number of furan rings is 1. The van der Waals surface area contributed by atoms with Crippen molar-refractivity contribution in [1.29, 1.82) is 0 Å². The van der Waals surface area contributed by atoms with Crippen LogP contribution in [0.15, 0.2) is 64.1 Å². The Balaban J connectivity index is 1.73. The molecule has 154 valence electrons. The zero-order valence-corrected chi connectivity index (χ0v) is 16.7. The lowest BCUT2D eigenvalue weighted by molar-refractivity contribution is 0.0601. The Bertz CT molecular complexity index is 1060. The van der Waals surface area contributed by atoms with Gasteiger partial charge in [-0.15, -0.1) is 0 Å². The highest BCUT2D eigenvalue weighted by Gasteiger charge is 2.15. The summed E-state index contributed by atoms with van der Waals surface area (Å²) in [6, 6.07) is 15.1. The molecule has 8 nitrogen and oxygen atoms in total. The average Bonchev–Trinajstić information content (AvgIpc) is 3.26. The molecule has 0 aliphatic carbocycles. The Labute approximate surface area is 173 Å². The van der Waals surface area contributed by atoms with Crippen LogP contribution in [-0.2, 0) is 4.74 Å². The molecule has 0 bridgehead atoms. The maximum atomic E-state index is 12.3. The van der Waals surface area contributed by atoms with E-state index in [1.807, 2.05) is 0 Å². The molecule has 0 spiro atoms. The molecule has 1 heterocycles. The molecule has 3 rings (SSSR count). The van der Waals surface area contributed by atoms with Gasteiger partial charge in [-0.2, -0.15) is 5.10 Å². The SMILES string of the molecule is COC(=O)c1ccccc1-c1ccc(/C=N\NC(=O)c2cc(OC)cc(OC)c2)o1. The number of esters is 1. The van der Waals surface area contributed by atoms with Crippen LogP contribution in [0.3, 0.4) is 0 Å². The van der Waals surface area contributed by atoms with Crippen LogP contribution in [-0.4, -0.2) is 39.4 Å². The summed E-state index contributed by atoms with van der Waals surface area (Å²) in [4.78, 5) is 24.3. The van der Waals surface area contributed by atoms with E-state index in [9.17, 15) is 9.59 Å². The van der Waals surface area contributed by atoms with Crippen LogP contribution in [0.1, 0.15) is 26.5 Å². The van der Waals surface area contributed by atoms with Crippen molar-refractivity contribution < 1.29 is 28.2 Å². The number of methoxy groups -OCH3 is 3. The maximum Gasteiger partial charge on any atom is 0.338 e. The second-order valence-electron chi connectivity index (χ2n) is 6.04. The number of carbonyl (C=O) groups is 2. The van der Waals surface area contributed by atoms with Gasteiger partial charge < -0.3 is 18.6 Å². The van der Waals surface area contributed by atoms with Crippen molar-refractivity contribution in [3.8, 4) is 22.8 Å². The van der Waals surface area contributed by atoms with Crippen LogP contribution >= 0.6 is 0 Å². The van der Waals surface area contributed by atoms with Crippen LogP contribution in [0.5, 0.6) is 11.5 Å². The number of nitrogens with one attached hydrogen (secondary N) is 1. The van der Waals surface area contributed by atoms with E-state index in [2.05, 4.69) is 10.5 Å². The third-order valence-electron chi connectivity index (χ3n) is 4.20. The summed E-state index contributed by atoms with van der Waals surface area (Å²) in [5, 5.41) is 3.92. The van der Waals surface area contributed by atoms with E-state index in [1.54, 1.807) is 54.6 Å². The van der Waals surface area contributed by atoms with Gasteiger partial charge in [0, 0.05) is 17.2 Å². The van der Waals surface area contributed by atoms with Gasteiger partial charge in [-0.1, -0.05) is 18.2 Å². The van der Waals surface area contributed by atoms with Gasteiger partial charge in [0.05, 0.1) is 33.1 Å². The average molecular weight is 408 g/mol. The fourth-order valence-electron chi connectivity index (χ4n) is 2.71. The number of rotatable bonds is 7. The Morgan fingerprint density at radius 3 is 2.33 bits per heavy atom. The molecular weight excluding hydrogens is 388 g/mol. The molecule has 8 heteroatoms. The zero-order valence-electron chi connectivity index (χ0n) is 16.7. The summed E-state index contributed by atoms with van der Waals surface area (Å²) in [5.74, 6) is 0.950. The quantitative estimate of drug-likeness (QED) is 0.365. The van der Waals surface area contributed by atoms with Crippen molar-refractivity contribution in [3.63, 3.8) is 0 Å². The highest BCUT2D eigenvalue weighted by molar-refractivity contribution is 5.97. The molecule has 0 aliphatic heterocycles. The first-order valence-corrected chi connectivity index (χ1v) is 8.89. The highest BCUT2D eigenvalue weighted by Crippen LogP contribution is 2.26. The van der Waals surface area contributed by atoms with Gasteiger partial charge >= 0.3 is 5.97 Å². The van der Waals surface area contributed by atoms with Crippen molar-refractivity contribution >= 4 is 18.1 Å². The lowest BCUT2D eigenvalue weighted by Crippen LogP contribution is -2.17. The van der Waals surface area contributed by atoms with Crippen molar-refractivity contribution in [2.24, 2.45) is 5.10 Å². The first kappa shape index (κ1) is 20.7. The van der Waals surface area contributed by atoms with Crippen molar-refractivity contribution in [3.05, 3.63) is 71.5 Å². The molecule has 1 amide bonds. The molecule has 0 radical (unpaired) electrons. The normalized spacial score (nSPS) is 10.6. The molecule has 0 aliphatic rings. The lowest BCUT2D eigenvalue weighted by Gasteiger charge is -2.07. The van der Waals surface area contributed by atoms with Crippen LogP contribution in [0.25, 0.3) is 11.3 Å². The Morgan fingerprint density at radius 2 is 1.67 bits per heavy atom. The number of hydrazone groups is 1. The Morgan fingerprint density at radius 1 is 0.967 bits per heavy atom. The number of benzene rings is 2. The monoisotopic (exact) mass is 408 g/mol. The lowest BCUT2D eigenvalue weighted by atomic mass is 10.1. The van der Waals surface area contributed by atoms with E-state index in [0.717, 1.165) is 0 Å². The standard InChI is InChI=1S/C22H20N2O6/c1-27-16-10-14(11-17(12-16)28-2)21(25)24-23-13-15-8-9-20(30-15)18-6-4-5-7-19(18)22(26)29-3/h4-13H,1-3H3,(H,24,25)/b23-13-. The predicted octanol–water partition coefficient (Wildman–Crippen LogP) is 3.51. The molecule has 1 aromatic heterocycles. The molecule has 2 aromatic carbocycles. The van der Waals surface area contributed by atoms with Gasteiger partial charge in [0.15, 0.2) is 0 Å². The zero-order chi connectivity index (χ0) is 21.5. The molecule has 0 saturated carbocycles. The number of hydrogen-bond donors (Lipinski definition) is 1. The van der Waals surface area contributed by atoms with Crippen molar-refractivity contribution in [2.45, 2.75) is 0 Å². The minimum atomic E-state index is -0.460. The summed E-state index contributed by atoms with van der Waals surface area (Å²) >= 11 is 0. The predicted molar refractivity (Wildman–Crippen MR) is 110 cm³/mol. The van der Waals surface area contributed by atoms with E-state index < -0.39 is 11.9 Å². The van der Waals surface area contributed by atoms with Crippen molar-refractivity contribution in [2.75, 3.05) is 21.3 Å². The first-order valence-electron chi connectivity index (χ1n) is 8.89. The third kappa shape index (κ3) is 4.67. The second kappa shape index (κ2) is 9.42. The van der Waals surface area contributed by atoms with Gasteiger partial charge in [-0.25, -0.2) is 10.2 Å². The fraction of sp³-hybridized carbons (Fsp3) is 0.136. The number of carbonyl (C=O) groups excluding carboxylic acids is 2. The van der Waals surface area contributed by atoms with E-state index in [-0.39, 0.29) is 0 Å². The molecule has 0 saturated heterocycles. The smallest absolute Gasteiger partial charge is 0.338 e. The van der Waals surface area contributed by atoms with E-state index in [4.69, 9.17) is 18.6 Å². The number of hydrogen-bond acceptors (Lipinski definition) is 7. The first-order chi connectivity index (χ1) is 14.5. The number of amides is 1. The summed E-state index contributed by atoms with van der Waals surface area (Å²) in [7, 11) is 4.32. The minimum Gasteiger partial charge on any atom is -0.497 e. The van der Waals surface area contributed by atoms with E-state index >= 15 is 0 Å². The molecule has 0 fully saturated rings. The molecule has 0 unspecified atom stereocenters. The van der Waals surface area contributed by atoms with Gasteiger partial charge in [0.1, 0.15) is 23.0 Å². The number of nitrogens with zero attached hydrogens (tertiary/aromatic N) is 1. The van der Waals surface area contributed by atoms with Crippen LogP contribution in [0, 0.1) is 0 Å². The van der Waals surface area contributed by atoms with Gasteiger partial charge in [-0.3, -0.25) is 4.79 Å². The minimum absolute atomic E-state index is 0.329. The molecule has 3 aromatic rings. The van der Waals surface area contributed by atoms with E-state index in [0.29, 0.717) is 39.7 Å². The van der Waals surface area contributed by atoms with Gasteiger partial charge in [0.2, 0.25) is 0 Å². The van der Waals surface area contributed by atoms with Crippen LogP contribution in [0.2, 0.25) is 0 Å². The summed E-state index contributed by atoms with van der Waals surface area (Å²) in [6.07, 6.45) is 1.36. The van der Waals surface area contributed by atoms with Crippen LogP contribution in [0.4, 0.5) is 0 Å². The van der Waals surface area contributed by atoms with Crippen LogP contribution < -0.4 is 14.9 Å². The third-order valence-corrected chi connectivity index (χ3v) is 4.20. The Hall–Kier alpha value is -4.07.